The second kappa shape index (κ2) is 7.41. The van der Waals surface area contributed by atoms with E-state index in [4.69, 9.17) is 9.97 Å². The van der Waals surface area contributed by atoms with E-state index in [1.165, 1.54) is 35.5 Å². The van der Waals surface area contributed by atoms with E-state index in [1.54, 1.807) is 0 Å². The maximum absolute atomic E-state index is 4.80. The number of aryl methyl sites for hydroxylation is 2. The van der Waals surface area contributed by atoms with Crippen LogP contribution in [0.25, 0.3) is 0 Å². The highest BCUT2D eigenvalue weighted by molar-refractivity contribution is 7.99. The zero-order valence-electron chi connectivity index (χ0n) is 13.2. The van der Waals surface area contributed by atoms with Crippen LogP contribution in [-0.2, 0) is 6.42 Å². The highest BCUT2D eigenvalue weighted by Gasteiger charge is 2.22. The summed E-state index contributed by atoms with van der Waals surface area (Å²) in [5.74, 6) is 2.95. The minimum absolute atomic E-state index is 0.528. The first-order chi connectivity index (χ1) is 9.61. The maximum atomic E-state index is 4.80. The summed E-state index contributed by atoms with van der Waals surface area (Å²) in [4.78, 5) is 9.59. The van der Waals surface area contributed by atoms with Crippen LogP contribution in [0.5, 0.6) is 0 Å². The number of thioether (sulfide) groups is 1. The first kappa shape index (κ1) is 15.8. The van der Waals surface area contributed by atoms with Gasteiger partial charge in [0.1, 0.15) is 5.82 Å². The second-order valence-electron chi connectivity index (χ2n) is 5.85. The Morgan fingerprint density at radius 3 is 2.55 bits per heavy atom. The van der Waals surface area contributed by atoms with Gasteiger partial charge < -0.3 is 5.32 Å². The molecule has 4 heteroatoms. The Balaban J connectivity index is 2.09. The van der Waals surface area contributed by atoms with E-state index < -0.39 is 0 Å². The quantitative estimate of drug-likeness (QED) is 0.872. The summed E-state index contributed by atoms with van der Waals surface area (Å²) in [5, 5.41) is 3.95. The molecule has 20 heavy (non-hydrogen) atoms. The van der Waals surface area contributed by atoms with Crippen LogP contribution < -0.4 is 5.32 Å². The van der Waals surface area contributed by atoms with Crippen molar-refractivity contribution in [2.45, 2.75) is 52.2 Å². The molecule has 0 radical (unpaired) electrons. The molecule has 0 spiro atoms. The van der Waals surface area contributed by atoms with E-state index in [2.05, 4.69) is 33.0 Å². The Morgan fingerprint density at radius 2 is 2.00 bits per heavy atom. The molecule has 112 valence electrons. The van der Waals surface area contributed by atoms with Crippen LogP contribution in [0.2, 0.25) is 0 Å². The van der Waals surface area contributed by atoms with Gasteiger partial charge in [-0.15, -0.1) is 0 Å². The number of hydrogen-bond acceptors (Lipinski definition) is 4. The highest BCUT2D eigenvalue weighted by atomic mass is 32.2. The molecule has 0 aromatic carbocycles. The first-order valence-corrected chi connectivity index (χ1v) is 8.83. The van der Waals surface area contributed by atoms with Gasteiger partial charge in [-0.3, -0.25) is 0 Å². The van der Waals surface area contributed by atoms with Crippen molar-refractivity contribution in [1.82, 2.24) is 15.3 Å². The summed E-state index contributed by atoms with van der Waals surface area (Å²) < 4.78 is 0. The lowest BCUT2D eigenvalue weighted by molar-refractivity contribution is 0.517. The molecule has 3 nitrogen and oxygen atoms in total. The van der Waals surface area contributed by atoms with E-state index in [1.807, 2.05) is 11.8 Å². The predicted molar refractivity (Wildman–Crippen MR) is 87.4 cm³/mol. The molecular formula is C16H27N3S. The average Bonchev–Trinajstić information content (AvgIpc) is 2.94. The lowest BCUT2D eigenvalue weighted by Crippen LogP contribution is -2.23. The molecule has 1 N–H and O–H groups in total. The molecule has 1 saturated heterocycles. The molecular weight excluding hydrogens is 266 g/mol. The third-order valence-corrected chi connectivity index (χ3v) is 5.32. The topological polar surface area (TPSA) is 37.8 Å². The highest BCUT2D eigenvalue weighted by Crippen LogP contribution is 2.38. The van der Waals surface area contributed by atoms with Crippen LogP contribution in [-0.4, -0.2) is 28.8 Å². The van der Waals surface area contributed by atoms with E-state index in [0.717, 1.165) is 25.3 Å². The lowest BCUT2D eigenvalue weighted by atomic mass is 9.98. The second-order valence-corrected chi connectivity index (χ2v) is 7.16. The van der Waals surface area contributed by atoms with Crippen LogP contribution >= 0.6 is 11.8 Å². The average molecular weight is 293 g/mol. The van der Waals surface area contributed by atoms with Crippen LogP contribution in [0.3, 0.4) is 0 Å². The number of aromatic nitrogens is 2. The normalized spacial score (nSPS) is 20.3. The molecule has 2 atom stereocenters. The zero-order valence-corrected chi connectivity index (χ0v) is 14.0. The van der Waals surface area contributed by atoms with Crippen molar-refractivity contribution < 1.29 is 0 Å². The molecule has 1 fully saturated rings. The number of nitrogens with one attached hydrogen (secondary N) is 1. The molecule has 0 aliphatic carbocycles. The molecule has 0 saturated carbocycles. The van der Waals surface area contributed by atoms with Crippen molar-refractivity contribution in [3.63, 3.8) is 0 Å². The van der Waals surface area contributed by atoms with Crippen molar-refractivity contribution in [3.8, 4) is 0 Å². The van der Waals surface area contributed by atoms with Crippen molar-refractivity contribution in [1.29, 1.82) is 0 Å². The van der Waals surface area contributed by atoms with Gasteiger partial charge in [0.15, 0.2) is 0 Å². The van der Waals surface area contributed by atoms with Gasteiger partial charge in [-0.1, -0.05) is 13.8 Å². The Hall–Kier alpha value is -0.610. The fraction of sp³-hybridized carbons (Fsp3) is 0.750. The third-order valence-electron chi connectivity index (χ3n) is 3.95. The van der Waals surface area contributed by atoms with Gasteiger partial charge in [0, 0.05) is 11.4 Å². The molecule has 1 aromatic heterocycles. The summed E-state index contributed by atoms with van der Waals surface area (Å²) >= 11 is 2.01. The summed E-state index contributed by atoms with van der Waals surface area (Å²) in [6, 6.07) is 0. The molecule has 2 rings (SSSR count). The van der Waals surface area contributed by atoms with Crippen molar-refractivity contribution in [3.05, 3.63) is 22.8 Å². The SMILES string of the molecule is CCNCC(C)Cc1c(C)nc(C2CCCS2)nc1C. The number of hydrogen-bond donors (Lipinski definition) is 1. The van der Waals surface area contributed by atoms with E-state index in [-0.39, 0.29) is 0 Å². The van der Waals surface area contributed by atoms with E-state index in [0.29, 0.717) is 11.2 Å². The molecule has 1 aromatic rings. The van der Waals surface area contributed by atoms with Crippen molar-refractivity contribution in [2.24, 2.45) is 5.92 Å². The van der Waals surface area contributed by atoms with Crippen LogP contribution in [0.4, 0.5) is 0 Å². The summed E-state index contributed by atoms with van der Waals surface area (Å²) in [6.45, 7) is 10.8. The molecule has 1 aliphatic heterocycles. The van der Waals surface area contributed by atoms with Gasteiger partial charge in [-0.05, 0) is 63.4 Å². The van der Waals surface area contributed by atoms with E-state index in [9.17, 15) is 0 Å². The lowest BCUT2D eigenvalue weighted by Gasteiger charge is -2.17. The molecule has 0 amide bonds. The largest absolute Gasteiger partial charge is 0.317 e. The van der Waals surface area contributed by atoms with Gasteiger partial charge >= 0.3 is 0 Å². The van der Waals surface area contributed by atoms with Gasteiger partial charge in [-0.25, -0.2) is 9.97 Å². The van der Waals surface area contributed by atoms with Gasteiger partial charge in [0.25, 0.3) is 0 Å². The summed E-state index contributed by atoms with van der Waals surface area (Å²) in [7, 11) is 0. The van der Waals surface area contributed by atoms with Gasteiger partial charge in [0.05, 0.1) is 5.25 Å². The van der Waals surface area contributed by atoms with E-state index >= 15 is 0 Å². The summed E-state index contributed by atoms with van der Waals surface area (Å²) in [5.41, 5.74) is 3.72. The number of rotatable bonds is 6. The molecule has 2 unspecified atom stereocenters. The fourth-order valence-corrected chi connectivity index (χ4v) is 4.00. The third kappa shape index (κ3) is 3.95. The first-order valence-electron chi connectivity index (χ1n) is 7.78. The standard InChI is InChI=1S/C16H27N3S/c1-5-17-10-11(2)9-14-12(3)18-16(19-13(14)4)15-7-6-8-20-15/h11,15,17H,5-10H2,1-4H3. The Morgan fingerprint density at radius 1 is 1.30 bits per heavy atom. The van der Waals surface area contributed by atoms with Crippen LogP contribution in [0.1, 0.15) is 54.7 Å². The molecule has 1 aliphatic rings. The summed E-state index contributed by atoms with van der Waals surface area (Å²) in [6.07, 6.45) is 3.61. The Kier molecular flexibility index (Phi) is 5.85. The monoisotopic (exact) mass is 293 g/mol. The molecule has 0 bridgehead atoms. The maximum Gasteiger partial charge on any atom is 0.141 e. The van der Waals surface area contributed by atoms with Gasteiger partial charge in [0.2, 0.25) is 0 Å². The minimum Gasteiger partial charge on any atom is -0.317 e. The van der Waals surface area contributed by atoms with Crippen LogP contribution in [0, 0.1) is 19.8 Å². The van der Waals surface area contributed by atoms with Crippen molar-refractivity contribution >= 4 is 11.8 Å². The van der Waals surface area contributed by atoms with Gasteiger partial charge in [-0.2, -0.15) is 11.8 Å². The van der Waals surface area contributed by atoms with Crippen LogP contribution in [0.15, 0.2) is 0 Å². The predicted octanol–water partition coefficient (Wildman–Crippen LogP) is 3.45. The Labute approximate surface area is 127 Å². The number of nitrogens with zero attached hydrogens (tertiary/aromatic N) is 2. The smallest absolute Gasteiger partial charge is 0.141 e. The minimum atomic E-state index is 0.528. The molecule has 2 heterocycles. The van der Waals surface area contributed by atoms with Crippen molar-refractivity contribution in [2.75, 3.05) is 18.8 Å². The zero-order chi connectivity index (χ0) is 14.5. The Bertz CT molecular complexity index is 418. The fourth-order valence-electron chi connectivity index (χ4n) is 2.80.